The molecule has 1 saturated heterocycles. The van der Waals surface area contributed by atoms with Gasteiger partial charge in [0.1, 0.15) is 5.75 Å². The van der Waals surface area contributed by atoms with Crippen LogP contribution in [0, 0.1) is 5.92 Å². The Balaban J connectivity index is 1.85. The van der Waals surface area contributed by atoms with E-state index in [-0.39, 0.29) is 0 Å². The van der Waals surface area contributed by atoms with Crippen LogP contribution in [0.25, 0.3) is 0 Å². The molecule has 2 heterocycles. The van der Waals surface area contributed by atoms with Crippen molar-refractivity contribution < 1.29 is 9.47 Å². The lowest BCUT2D eigenvalue weighted by molar-refractivity contribution is 0.0473. The van der Waals surface area contributed by atoms with Crippen LogP contribution in [0.1, 0.15) is 12.8 Å². The van der Waals surface area contributed by atoms with E-state index in [1.807, 2.05) is 24.3 Å². The van der Waals surface area contributed by atoms with Crippen LogP contribution in [0.15, 0.2) is 29.3 Å². The maximum absolute atomic E-state index is 6.09. The number of benzene rings is 1. The van der Waals surface area contributed by atoms with Gasteiger partial charge in [0.2, 0.25) is 0 Å². The molecule has 1 fully saturated rings. The highest BCUT2D eigenvalue weighted by Crippen LogP contribution is 2.30. The zero-order chi connectivity index (χ0) is 13.9. The molecule has 2 N–H and O–H groups in total. The Hall–Kier alpha value is -1.75. The average Bonchev–Trinajstić information content (AvgIpc) is 2.90. The molecule has 0 bridgehead atoms. The summed E-state index contributed by atoms with van der Waals surface area (Å²) in [6.07, 6.45) is 2.29. The first-order valence-electron chi connectivity index (χ1n) is 7.10. The molecule has 2 aliphatic rings. The topological polar surface area (TPSA) is 60.1 Å². The van der Waals surface area contributed by atoms with Crippen LogP contribution in [0.5, 0.6) is 5.75 Å². The van der Waals surface area contributed by atoms with Crippen LogP contribution < -0.4 is 15.4 Å². The van der Waals surface area contributed by atoms with Gasteiger partial charge >= 0.3 is 0 Å². The van der Waals surface area contributed by atoms with Crippen LogP contribution in [0.4, 0.5) is 5.69 Å². The largest absolute Gasteiger partial charge is 0.497 e. The highest BCUT2D eigenvalue weighted by Gasteiger charge is 2.35. The van der Waals surface area contributed by atoms with E-state index in [0.717, 1.165) is 37.6 Å². The van der Waals surface area contributed by atoms with E-state index >= 15 is 0 Å². The van der Waals surface area contributed by atoms with Gasteiger partial charge < -0.3 is 20.1 Å². The molecule has 1 aromatic rings. The average molecular weight is 275 g/mol. The summed E-state index contributed by atoms with van der Waals surface area (Å²) in [6.45, 7) is 2.42. The number of rotatable bonds is 3. The molecule has 108 valence electrons. The molecule has 0 aromatic heterocycles. The highest BCUT2D eigenvalue weighted by atomic mass is 16.5. The number of methoxy groups -OCH3 is 1. The van der Waals surface area contributed by atoms with Gasteiger partial charge in [-0.15, -0.1) is 0 Å². The number of nitrogens with zero attached hydrogens (tertiary/aromatic N) is 2. The molecule has 0 amide bonds. The van der Waals surface area contributed by atoms with Gasteiger partial charge in [0.25, 0.3) is 0 Å². The minimum atomic E-state index is 0.294. The second-order valence-corrected chi connectivity index (χ2v) is 5.31. The summed E-state index contributed by atoms with van der Waals surface area (Å²) in [7, 11) is 1.67. The van der Waals surface area contributed by atoms with Crippen LogP contribution >= 0.6 is 0 Å². The molecule has 0 saturated carbocycles. The number of nitrogens with two attached hydrogens (primary N) is 1. The van der Waals surface area contributed by atoms with Crippen molar-refractivity contribution >= 4 is 11.6 Å². The van der Waals surface area contributed by atoms with Crippen molar-refractivity contribution in [2.24, 2.45) is 16.6 Å². The van der Waals surface area contributed by atoms with Gasteiger partial charge in [-0.1, -0.05) is 6.07 Å². The Labute approximate surface area is 119 Å². The third kappa shape index (κ3) is 2.45. The summed E-state index contributed by atoms with van der Waals surface area (Å²) in [5.74, 6) is 1.91. The summed E-state index contributed by atoms with van der Waals surface area (Å²) >= 11 is 0. The van der Waals surface area contributed by atoms with Crippen LogP contribution in [0.2, 0.25) is 0 Å². The lowest BCUT2D eigenvalue weighted by atomic mass is 9.93. The van der Waals surface area contributed by atoms with Crippen molar-refractivity contribution in [3.63, 3.8) is 0 Å². The molecule has 0 spiro atoms. The third-order valence-corrected chi connectivity index (χ3v) is 4.09. The fourth-order valence-electron chi connectivity index (χ4n) is 3.03. The Bertz CT molecular complexity index is 498. The predicted molar refractivity (Wildman–Crippen MR) is 79.3 cm³/mol. The van der Waals surface area contributed by atoms with Crippen molar-refractivity contribution in [3.8, 4) is 5.75 Å². The number of ether oxygens (including phenoxy) is 2. The molecule has 0 aliphatic carbocycles. The summed E-state index contributed by atoms with van der Waals surface area (Å²) in [6, 6.07) is 8.26. The van der Waals surface area contributed by atoms with E-state index in [2.05, 4.69) is 9.89 Å². The number of guanidine groups is 1. The molecule has 3 rings (SSSR count). The summed E-state index contributed by atoms with van der Waals surface area (Å²) in [5, 5.41) is 0. The SMILES string of the molecule is COc1cccc(N2C(N)=NCC2C2CCCOC2)c1. The molecule has 0 radical (unpaired) electrons. The first-order valence-corrected chi connectivity index (χ1v) is 7.10. The first-order chi connectivity index (χ1) is 9.79. The Morgan fingerprint density at radius 3 is 3.10 bits per heavy atom. The van der Waals surface area contributed by atoms with Gasteiger partial charge in [-0.2, -0.15) is 0 Å². The fraction of sp³-hybridized carbons (Fsp3) is 0.533. The molecule has 1 aromatic carbocycles. The van der Waals surface area contributed by atoms with Gasteiger partial charge in [-0.3, -0.25) is 4.99 Å². The van der Waals surface area contributed by atoms with E-state index in [1.54, 1.807) is 7.11 Å². The van der Waals surface area contributed by atoms with Gasteiger partial charge in [0.05, 0.1) is 26.3 Å². The Morgan fingerprint density at radius 2 is 2.35 bits per heavy atom. The van der Waals surface area contributed by atoms with Crippen molar-refractivity contribution in [3.05, 3.63) is 24.3 Å². The lowest BCUT2D eigenvalue weighted by Crippen LogP contribution is -2.47. The lowest BCUT2D eigenvalue weighted by Gasteiger charge is -2.34. The second-order valence-electron chi connectivity index (χ2n) is 5.31. The summed E-state index contributed by atoms with van der Waals surface area (Å²) in [4.78, 5) is 6.56. The smallest absolute Gasteiger partial charge is 0.196 e. The normalized spacial score (nSPS) is 26.4. The first kappa shape index (κ1) is 13.2. The second kappa shape index (κ2) is 5.71. The number of hydrogen-bond donors (Lipinski definition) is 1. The monoisotopic (exact) mass is 275 g/mol. The zero-order valence-corrected chi connectivity index (χ0v) is 11.8. The minimum absolute atomic E-state index is 0.294. The molecular formula is C15H21N3O2. The van der Waals surface area contributed by atoms with Gasteiger partial charge in [0.15, 0.2) is 5.96 Å². The Morgan fingerprint density at radius 1 is 1.45 bits per heavy atom. The number of anilines is 1. The van der Waals surface area contributed by atoms with E-state index in [9.17, 15) is 0 Å². The van der Waals surface area contributed by atoms with E-state index in [4.69, 9.17) is 15.2 Å². The van der Waals surface area contributed by atoms with Crippen molar-refractivity contribution in [2.75, 3.05) is 31.8 Å². The van der Waals surface area contributed by atoms with Gasteiger partial charge in [-0.25, -0.2) is 0 Å². The van der Waals surface area contributed by atoms with Crippen LogP contribution in [-0.4, -0.2) is 38.9 Å². The van der Waals surface area contributed by atoms with E-state index in [1.165, 1.54) is 6.42 Å². The molecule has 5 nitrogen and oxygen atoms in total. The molecule has 20 heavy (non-hydrogen) atoms. The number of aliphatic imine (C=N–C) groups is 1. The maximum atomic E-state index is 6.09. The van der Waals surface area contributed by atoms with Gasteiger partial charge in [-0.05, 0) is 25.0 Å². The van der Waals surface area contributed by atoms with Crippen LogP contribution in [0.3, 0.4) is 0 Å². The highest BCUT2D eigenvalue weighted by molar-refractivity contribution is 5.97. The standard InChI is InChI=1S/C15H21N3O2/c1-19-13-6-2-5-12(8-13)18-14(9-17-15(18)16)11-4-3-7-20-10-11/h2,5-6,8,11,14H,3-4,7,9-10H2,1H3,(H2,16,17). The molecule has 5 heteroatoms. The van der Waals surface area contributed by atoms with E-state index in [0.29, 0.717) is 17.9 Å². The quantitative estimate of drug-likeness (QED) is 0.910. The minimum Gasteiger partial charge on any atom is -0.497 e. The van der Waals surface area contributed by atoms with Crippen molar-refractivity contribution in [2.45, 2.75) is 18.9 Å². The van der Waals surface area contributed by atoms with Crippen molar-refractivity contribution in [1.82, 2.24) is 0 Å². The molecule has 2 atom stereocenters. The van der Waals surface area contributed by atoms with Crippen LogP contribution in [-0.2, 0) is 4.74 Å². The number of hydrogen-bond acceptors (Lipinski definition) is 5. The third-order valence-electron chi connectivity index (χ3n) is 4.09. The maximum Gasteiger partial charge on any atom is 0.196 e. The predicted octanol–water partition coefficient (Wildman–Crippen LogP) is 1.63. The molecular weight excluding hydrogens is 254 g/mol. The Kier molecular flexibility index (Phi) is 3.78. The fourth-order valence-corrected chi connectivity index (χ4v) is 3.03. The molecule has 2 aliphatic heterocycles. The molecule has 2 unspecified atom stereocenters. The summed E-state index contributed by atoms with van der Waals surface area (Å²) in [5.41, 5.74) is 7.13. The summed E-state index contributed by atoms with van der Waals surface area (Å²) < 4.78 is 10.9. The van der Waals surface area contributed by atoms with Crippen molar-refractivity contribution in [1.29, 1.82) is 0 Å². The van der Waals surface area contributed by atoms with E-state index < -0.39 is 0 Å². The zero-order valence-electron chi connectivity index (χ0n) is 11.8. The van der Waals surface area contributed by atoms with Gasteiger partial charge in [0, 0.05) is 24.3 Å².